The highest BCUT2D eigenvalue weighted by atomic mass is 16.3. The maximum atomic E-state index is 12.4. The summed E-state index contributed by atoms with van der Waals surface area (Å²) < 4.78 is 0. The van der Waals surface area contributed by atoms with Crippen molar-refractivity contribution in [1.29, 1.82) is 0 Å². The van der Waals surface area contributed by atoms with Crippen LogP contribution in [0.4, 0.5) is 0 Å². The number of aliphatic hydroxyl groups excluding tert-OH is 1. The van der Waals surface area contributed by atoms with Crippen LogP contribution in [0.15, 0.2) is 24.3 Å². The van der Waals surface area contributed by atoms with Crippen LogP contribution in [0.1, 0.15) is 48.8 Å². The first-order chi connectivity index (χ1) is 11.2. The van der Waals surface area contributed by atoms with Crippen LogP contribution >= 0.6 is 0 Å². The number of nitrogens with one attached hydrogen (secondary N) is 2. The van der Waals surface area contributed by atoms with E-state index in [4.69, 9.17) is 0 Å². The summed E-state index contributed by atoms with van der Waals surface area (Å²) in [7, 11) is 0. The van der Waals surface area contributed by atoms with E-state index in [1.807, 2.05) is 19.1 Å². The highest BCUT2D eigenvalue weighted by Gasteiger charge is 2.34. The zero-order chi connectivity index (χ0) is 16.3. The van der Waals surface area contributed by atoms with Crippen molar-refractivity contribution in [2.45, 2.75) is 44.6 Å². The lowest BCUT2D eigenvalue weighted by atomic mass is 9.98. The third kappa shape index (κ3) is 3.27. The molecule has 3 N–H and O–H groups in total. The molecule has 1 aromatic carbocycles. The first-order valence-corrected chi connectivity index (χ1v) is 8.11. The maximum Gasteiger partial charge on any atom is 0.251 e. The largest absolute Gasteiger partial charge is 0.394 e. The van der Waals surface area contributed by atoms with E-state index in [-0.39, 0.29) is 12.5 Å². The molecule has 1 aliphatic rings. The van der Waals surface area contributed by atoms with Crippen molar-refractivity contribution in [3.05, 3.63) is 35.7 Å². The summed E-state index contributed by atoms with van der Waals surface area (Å²) in [6, 6.07) is 7.23. The molecule has 0 spiro atoms. The molecule has 1 amide bonds. The molecule has 122 valence electrons. The molecule has 0 unspecified atom stereocenters. The molecule has 23 heavy (non-hydrogen) atoms. The average molecular weight is 314 g/mol. The predicted molar refractivity (Wildman–Crippen MR) is 86.9 cm³/mol. The Morgan fingerprint density at radius 3 is 2.57 bits per heavy atom. The normalized spacial score (nSPS) is 16.4. The molecule has 6 nitrogen and oxygen atoms in total. The van der Waals surface area contributed by atoms with Gasteiger partial charge in [-0.2, -0.15) is 5.10 Å². The van der Waals surface area contributed by atoms with Crippen LogP contribution in [0.25, 0.3) is 11.4 Å². The number of H-pyrrole nitrogens is 1. The highest BCUT2D eigenvalue weighted by Crippen LogP contribution is 2.29. The van der Waals surface area contributed by atoms with E-state index in [2.05, 4.69) is 20.5 Å². The number of benzene rings is 1. The van der Waals surface area contributed by atoms with Gasteiger partial charge in [0.2, 0.25) is 0 Å². The van der Waals surface area contributed by atoms with Crippen LogP contribution in [-0.4, -0.2) is 38.3 Å². The molecular weight excluding hydrogens is 292 g/mol. The Morgan fingerprint density at radius 1 is 1.30 bits per heavy atom. The second-order valence-corrected chi connectivity index (χ2v) is 6.14. The molecule has 1 fully saturated rings. The average Bonchev–Trinajstić information content (AvgIpc) is 3.24. The van der Waals surface area contributed by atoms with Crippen molar-refractivity contribution in [1.82, 2.24) is 20.5 Å². The van der Waals surface area contributed by atoms with Gasteiger partial charge in [-0.25, -0.2) is 4.98 Å². The Balaban J connectivity index is 1.72. The quantitative estimate of drug-likeness (QED) is 0.788. The predicted octanol–water partition coefficient (Wildman–Crippen LogP) is 2.07. The van der Waals surface area contributed by atoms with Crippen LogP contribution in [0.5, 0.6) is 0 Å². The van der Waals surface area contributed by atoms with E-state index in [9.17, 15) is 9.90 Å². The standard InChI is InChI=1S/C17H22N4O2/c1-2-14-18-15(21-20-14)12-5-7-13(8-6-12)16(23)19-17(11-22)9-3-4-10-17/h5-8,22H,2-4,9-11H2,1H3,(H,19,23)(H,18,20,21). The smallest absolute Gasteiger partial charge is 0.251 e. The molecule has 1 aliphatic carbocycles. The highest BCUT2D eigenvalue weighted by molar-refractivity contribution is 5.95. The van der Waals surface area contributed by atoms with Crippen molar-refractivity contribution >= 4 is 5.91 Å². The lowest BCUT2D eigenvalue weighted by molar-refractivity contribution is 0.0838. The van der Waals surface area contributed by atoms with Crippen LogP contribution in [-0.2, 0) is 6.42 Å². The van der Waals surface area contributed by atoms with Crippen molar-refractivity contribution in [2.75, 3.05) is 6.61 Å². The molecule has 2 aromatic rings. The Hall–Kier alpha value is -2.21. The van der Waals surface area contributed by atoms with E-state index in [0.29, 0.717) is 11.4 Å². The number of nitrogens with zero attached hydrogens (tertiary/aromatic N) is 2. The maximum absolute atomic E-state index is 12.4. The molecule has 1 saturated carbocycles. The fourth-order valence-electron chi connectivity index (χ4n) is 3.04. The number of aryl methyl sites for hydroxylation is 1. The van der Waals surface area contributed by atoms with Gasteiger partial charge in [0.05, 0.1) is 12.1 Å². The van der Waals surface area contributed by atoms with Crippen LogP contribution in [0.3, 0.4) is 0 Å². The van der Waals surface area contributed by atoms with Gasteiger partial charge in [0.15, 0.2) is 5.82 Å². The molecular formula is C17H22N4O2. The van der Waals surface area contributed by atoms with Gasteiger partial charge in [-0.15, -0.1) is 0 Å². The number of aliphatic hydroxyl groups is 1. The fourth-order valence-corrected chi connectivity index (χ4v) is 3.04. The minimum atomic E-state index is -0.449. The molecule has 0 bridgehead atoms. The molecule has 1 heterocycles. The van der Waals surface area contributed by atoms with Gasteiger partial charge in [-0.3, -0.25) is 9.89 Å². The first-order valence-electron chi connectivity index (χ1n) is 8.11. The number of aromatic nitrogens is 3. The van der Waals surface area contributed by atoms with Crippen molar-refractivity contribution in [2.24, 2.45) is 0 Å². The summed E-state index contributed by atoms with van der Waals surface area (Å²) in [5, 5.41) is 19.7. The van der Waals surface area contributed by atoms with Crippen molar-refractivity contribution in [3.8, 4) is 11.4 Å². The van der Waals surface area contributed by atoms with Crippen molar-refractivity contribution in [3.63, 3.8) is 0 Å². The summed E-state index contributed by atoms with van der Waals surface area (Å²) in [6.07, 6.45) is 4.57. The number of rotatable bonds is 5. The molecule has 0 atom stereocenters. The lowest BCUT2D eigenvalue weighted by Gasteiger charge is -2.28. The zero-order valence-corrected chi connectivity index (χ0v) is 13.3. The zero-order valence-electron chi connectivity index (χ0n) is 13.3. The molecule has 0 saturated heterocycles. The topological polar surface area (TPSA) is 90.9 Å². The fraction of sp³-hybridized carbons (Fsp3) is 0.471. The Labute approximate surface area is 135 Å². The third-order valence-electron chi connectivity index (χ3n) is 4.51. The molecule has 0 aliphatic heterocycles. The number of hydrogen-bond donors (Lipinski definition) is 3. The van der Waals surface area contributed by atoms with Gasteiger partial charge in [0, 0.05) is 17.5 Å². The Morgan fingerprint density at radius 2 is 2.00 bits per heavy atom. The summed E-state index contributed by atoms with van der Waals surface area (Å²) in [6.45, 7) is 2.01. The summed E-state index contributed by atoms with van der Waals surface area (Å²) in [5.41, 5.74) is 1.00. The summed E-state index contributed by atoms with van der Waals surface area (Å²) in [5.74, 6) is 1.33. The number of carbonyl (C=O) groups is 1. The van der Waals surface area contributed by atoms with Gasteiger partial charge >= 0.3 is 0 Å². The van der Waals surface area contributed by atoms with Gasteiger partial charge in [-0.1, -0.05) is 31.9 Å². The van der Waals surface area contributed by atoms with E-state index in [1.54, 1.807) is 12.1 Å². The first kappa shape index (κ1) is 15.7. The number of carbonyl (C=O) groups excluding carboxylic acids is 1. The number of aromatic amines is 1. The Kier molecular flexibility index (Phi) is 4.43. The Bertz CT molecular complexity index is 672. The van der Waals surface area contributed by atoms with Crippen LogP contribution in [0.2, 0.25) is 0 Å². The van der Waals surface area contributed by atoms with E-state index in [0.717, 1.165) is 43.5 Å². The van der Waals surface area contributed by atoms with Crippen molar-refractivity contribution < 1.29 is 9.90 Å². The number of amides is 1. The minimum Gasteiger partial charge on any atom is -0.394 e. The summed E-state index contributed by atoms with van der Waals surface area (Å²) >= 11 is 0. The number of hydrogen-bond acceptors (Lipinski definition) is 4. The molecule has 3 rings (SSSR count). The van der Waals surface area contributed by atoms with Gasteiger partial charge in [-0.05, 0) is 25.0 Å². The van der Waals surface area contributed by atoms with E-state index < -0.39 is 5.54 Å². The second-order valence-electron chi connectivity index (χ2n) is 6.14. The summed E-state index contributed by atoms with van der Waals surface area (Å²) in [4.78, 5) is 16.8. The monoisotopic (exact) mass is 314 g/mol. The molecule has 6 heteroatoms. The van der Waals surface area contributed by atoms with E-state index >= 15 is 0 Å². The van der Waals surface area contributed by atoms with Crippen LogP contribution < -0.4 is 5.32 Å². The van der Waals surface area contributed by atoms with Gasteiger partial charge in [0.1, 0.15) is 5.82 Å². The third-order valence-corrected chi connectivity index (χ3v) is 4.51. The molecule has 0 radical (unpaired) electrons. The van der Waals surface area contributed by atoms with Crippen LogP contribution in [0, 0.1) is 0 Å². The SMILES string of the molecule is CCc1nc(-c2ccc(C(=O)NC3(CO)CCCC3)cc2)n[nH]1. The van der Waals surface area contributed by atoms with E-state index in [1.165, 1.54) is 0 Å². The van der Waals surface area contributed by atoms with Gasteiger partial charge < -0.3 is 10.4 Å². The molecule has 1 aromatic heterocycles. The minimum absolute atomic E-state index is 0.00614. The second kappa shape index (κ2) is 6.50. The lowest BCUT2D eigenvalue weighted by Crippen LogP contribution is -2.49. The van der Waals surface area contributed by atoms with Gasteiger partial charge in [0.25, 0.3) is 5.91 Å².